The average Bonchev–Trinajstić information content (AvgIpc) is 2.78. The molecule has 0 saturated carbocycles. The molecule has 0 saturated heterocycles. The largest absolute Gasteiger partial charge is 0.322 e. The summed E-state index contributed by atoms with van der Waals surface area (Å²) in [6.45, 7) is 5.53. The lowest BCUT2D eigenvalue weighted by atomic mass is 10.2. The molecule has 0 aliphatic heterocycles. The molecule has 0 atom stereocenters. The van der Waals surface area contributed by atoms with E-state index >= 15 is 0 Å². The molecule has 0 unspecified atom stereocenters. The lowest BCUT2D eigenvalue weighted by Gasteiger charge is -2.09. The molecular formula is C13H17N5OS. The molecule has 0 aliphatic carbocycles. The number of nitrogens with one attached hydrogen (secondary N) is 2. The fraction of sp³-hybridized carbons (Fsp3) is 0.385. The van der Waals surface area contributed by atoms with Crippen LogP contribution in [0.2, 0.25) is 0 Å². The molecule has 2 N–H and O–H groups in total. The predicted octanol–water partition coefficient (Wildman–Crippen LogP) is 2.74. The maximum atomic E-state index is 11.7. The summed E-state index contributed by atoms with van der Waals surface area (Å²) in [6, 6.07) is 0. The Morgan fingerprint density at radius 2 is 2.20 bits per heavy atom. The molecule has 20 heavy (non-hydrogen) atoms. The third-order valence-corrected chi connectivity index (χ3v) is 3.55. The molecule has 0 aliphatic rings. The molecule has 2 rings (SSSR count). The molecule has 0 bridgehead atoms. The van der Waals surface area contributed by atoms with Crippen molar-refractivity contribution in [2.75, 3.05) is 11.6 Å². The molecule has 0 radical (unpaired) electrons. The number of carbonyl (C=O) groups excluding carboxylic acids is 1. The SMILES string of the molecule is CCc1c(Nc2nc(SC)ncc2C(C)=O)n[nH]c1C. The minimum atomic E-state index is -0.0783. The zero-order valence-electron chi connectivity index (χ0n) is 11.9. The Balaban J connectivity index is 2.43. The minimum Gasteiger partial charge on any atom is -0.322 e. The number of aromatic amines is 1. The van der Waals surface area contributed by atoms with E-state index in [-0.39, 0.29) is 5.78 Å². The first-order valence-corrected chi connectivity index (χ1v) is 7.52. The van der Waals surface area contributed by atoms with Gasteiger partial charge < -0.3 is 5.32 Å². The first kappa shape index (κ1) is 14.5. The van der Waals surface area contributed by atoms with Gasteiger partial charge in [-0.1, -0.05) is 18.7 Å². The van der Waals surface area contributed by atoms with Crippen LogP contribution in [0.1, 0.15) is 35.5 Å². The van der Waals surface area contributed by atoms with Gasteiger partial charge in [0.05, 0.1) is 5.56 Å². The maximum absolute atomic E-state index is 11.7. The van der Waals surface area contributed by atoms with Gasteiger partial charge in [-0.3, -0.25) is 9.89 Å². The van der Waals surface area contributed by atoms with Gasteiger partial charge in [-0.05, 0) is 26.5 Å². The Hall–Kier alpha value is -1.89. The Labute approximate surface area is 121 Å². The molecule has 2 aromatic heterocycles. The normalized spacial score (nSPS) is 10.6. The van der Waals surface area contributed by atoms with Gasteiger partial charge in [0.15, 0.2) is 16.8 Å². The lowest BCUT2D eigenvalue weighted by molar-refractivity contribution is 0.101. The van der Waals surface area contributed by atoms with Gasteiger partial charge >= 0.3 is 0 Å². The summed E-state index contributed by atoms with van der Waals surface area (Å²) >= 11 is 1.43. The van der Waals surface area contributed by atoms with Gasteiger partial charge in [0, 0.05) is 17.5 Å². The van der Waals surface area contributed by atoms with E-state index in [1.54, 1.807) is 6.20 Å². The summed E-state index contributed by atoms with van der Waals surface area (Å²) < 4.78 is 0. The Bertz CT molecular complexity index is 638. The van der Waals surface area contributed by atoms with E-state index in [4.69, 9.17) is 0 Å². The van der Waals surface area contributed by atoms with Gasteiger partial charge in [-0.25, -0.2) is 9.97 Å². The summed E-state index contributed by atoms with van der Waals surface area (Å²) in [5.41, 5.74) is 2.56. The second kappa shape index (κ2) is 6.04. The fourth-order valence-corrected chi connectivity index (χ4v) is 2.26. The summed E-state index contributed by atoms with van der Waals surface area (Å²) in [5, 5.41) is 10.9. The number of rotatable bonds is 5. The highest BCUT2D eigenvalue weighted by Gasteiger charge is 2.15. The number of aryl methyl sites for hydroxylation is 1. The zero-order valence-corrected chi connectivity index (χ0v) is 12.8. The lowest BCUT2D eigenvalue weighted by Crippen LogP contribution is -2.06. The molecule has 0 amide bonds. The maximum Gasteiger partial charge on any atom is 0.189 e. The van der Waals surface area contributed by atoms with E-state index in [2.05, 4.69) is 32.4 Å². The van der Waals surface area contributed by atoms with E-state index in [0.717, 1.165) is 17.7 Å². The van der Waals surface area contributed by atoms with Crippen LogP contribution in [0.25, 0.3) is 0 Å². The number of Topliss-reactive ketones (excluding diaryl/α,β-unsaturated/α-hetero) is 1. The molecule has 106 valence electrons. The van der Waals surface area contributed by atoms with Crippen molar-refractivity contribution in [1.29, 1.82) is 0 Å². The van der Waals surface area contributed by atoms with Gasteiger partial charge in [-0.2, -0.15) is 5.10 Å². The van der Waals surface area contributed by atoms with Crippen molar-refractivity contribution in [3.63, 3.8) is 0 Å². The second-order valence-electron chi connectivity index (χ2n) is 4.33. The fourth-order valence-electron chi connectivity index (χ4n) is 1.92. The molecule has 6 nitrogen and oxygen atoms in total. The van der Waals surface area contributed by atoms with Crippen LogP contribution in [-0.4, -0.2) is 32.2 Å². The van der Waals surface area contributed by atoms with Crippen molar-refractivity contribution in [3.8, 4) is 0 Å². The highest BCUT2D eigenvalue weighted by molar-refractivity contribution is 7.98. The predicted molar refractivity (Wildman–Crippen MR) is 79.8 cm³/mol. The Morgan fingerprint density at radius 3 is 2.80 bits per heavy atom. The van der Waals surface area contributed by atoms with Crippen LogP contribution in [0.15, 0.2) is 11.4 Å². The third kappa shape index (κ3) is 2.82. The number of anilines is 2. The summed E-state index contributed by atoms with van der Waals surface area (Å²) in [4.78, 5) is 20.2. The van der Waals surface area contributed by atoms with E-state index < -0.39 is 0 Å². The number of carbonyl (C=O) groups is 1. The number of nitrogens with zero attached hydrogens (tertiary/aromatic N) is 3. The van der Waals surface area contributed by atoms with Gasteiger partial charge in [0.25, 0.3) is 0 Å². The number of hydrogen-bond donors (Lipinski definition) is 2. The van der Waals surface area contributed by atoms with Crippen molar-refractivity contribution in [3.05, 3.63) is 23.0 Å². The molecule has 2 heterocycles. The summed E-state index contributed by atoms with van der Waals surface area (Å²) in [5.74, 6) is 1.13. The van der Waals surface area contributed by atoms with Crippen molar-refractivity contribution >= 4 is 29.2 Å². The average molecular weight is 291 g/mol. The number of H-pyrrole nitrogens is 1. The van der Waals surface area contributed by atoms with E-state index in [9.17, 15) is 4.79 Å². The van der Waals surface area contributed by atoms with E-state index in [1.807, 2.05) is 13.2 Å². The van der Waals surface area contributed by atoms with E-state index in [0.29, 0.717) is 22.4 Å². The first-order chi connectivity index (χ1) is 9.56. The van der Waals surface area contributed by atoms with Gasteiger partial charge in [-0.15, -0.1) is 0 Å². The Kier molecular flexibility index (Phi) is 4.39. The van der Waals surface area contributed by atoms with Crippen molar-refractivity contribution in [1.82, 2.24) is 20.2 Å². The number of ketones is 1. The standard InChI is InChI=1S/C13H17N5OS/c1-5-9-7(2)17-18-12(9)15-11-10(8(3)19)6-14-13(16-11)20-4/h6H,5H2,1-4H3,(H2,14,15,16,17,18). The number of aromatic nitrogens is 4. The minimum absolute atomic E-state index is 0.0783. The summed E-state index contributed by atoms with van der Waals surface area (Å²) in [7, 11) is 0. The van der Waals surface area contributed by atoms with Crippen LogP contribution in [0, 0.1) is 6.92 Å². The zero-order chi connectivity index (χ0) is 14.7. The van der Waals surface area contributed by atoms with E-state index in [1.165, 1.54) is 18.7 Å². The smallest absolute Gasteiger partial charge is 0.189 e. The number of thioether (sulfide) groups is 1. The molecule has 2 aromatic rings. The van der Waals surface area contributed by atoms with Crippen molar-refractivity contribution < 1.29 is 4.79 Å². The van der Waals surface area contributed by atoms with Crippen molar-refractivity contribution in [2.24, 2.45) is 0 Å². The molecular weight excluding hydrogens is 274 g/mol. The quantitative estimate of drug-likeness (QED) is 0.500. The molecule has 0 spiro atoms. The van der Waals surface area contributed by atoms with Crippen LogP contribution in [0.5, 0.6) is 0 Å². The monoisotopic (exact) mass is 291 g/mol. The van der Waals surface area contributed by atoms with Crippen LogP contribution >= 0.6 is 11.8 Å². The molecule has 7 heteroatoms. The molecule has 0 fully saturated rings. The van der Waals surface area contributed by atoms with Crippen LogP contribution in [0.3, 0.4) is 0 Å². The second-order valence-corrected chi connectivity index (χ2v) is 5.10. The molecule has 0 aromatic carbocycles. The topological polar surface area (TPSA) is 83.6 Å². The Morgan fingerprint density at radius 1 is 1.45 bits per heavy atom. The van der Waals surface area contributed by atoms with Crippen LogP contribution in [-0.2, 0) is 6.42 Å². The van der Waals surface area contributed by atoms with Crippen LogP contribution < -0.4 is 5.32 Å². The number of hydrogen-bond acceptors (Lipinski definition) is 6. The van der Waals surface area contributed by atoms with Gasteiger partial charge in [0.1, 0.15) is 5.82 Å². The third-order valence-electron chi connectivity index (χ3n) is 2.99. The highest BCUT2D eigenvalue weighted by atomic mass is 32.2. The van der Waals surface area contributed by atoms with Crippen molar-refractivity contribution in [2.45, 2.75) is 32.3 Å². The highest BCUT2D eigenvalue weighted by Crippen LogP contribution is 2.24. The first-order valence-electron chi connectivity index (χ1n) is 6.29. The van der Waals surface area contributed by atoms with Crippen LogP contribution in [0.4, 0.5) is 11.6 Å². The summed E-state index contributed by atoms with van der Waals surface area (Å²) in [6.07, 6.45) is 4.29. The van der Waals surface area contributed by atoms with Gasteiger partial charge in [0.2, 0.25) is 0 Å².